The van der Waals surface area contributed by atoms with Crippen molar-refractivity contribution in [2.45, 2.75) is 51.0 Å². The number of hydrogen-bond acceptors (Lipinski definition) is 3. The monoisotopic (exact) mass is 286 g/mol. The molecule has 3 N–H and O–H groups in total. The fraction of sp³-hybridized carbons (Fsp3) is 0.857. The summed E-state index contributed by atoms with van der Waals surface area (Å²) < 4.78 is 0. The molecule has 20 heavy (non-hydrogen) atoms. The Morgan fingerprint density at radius 1 is 1.35 bits per heavy atom. The summed E-state index contributed by atoms with van der Waals surface area (Å²) in [7, 11) is 1.66. The zero-order valence-corrected chi connectivity index (χ0v) is 12.4. The van der Waals surface area contributed by atoms with Gasteiger partial charge in [-0.15, -0.1) is 0 Å². The van der Waals surface area contributed by atoms with Crippen LogP contribution in [0.1, 0.15) is 45.4 Å². The van der Waals surface area contributed by atoms with Gasteiger partial charge in [-0.3, -0.25) is 4.79 Å². The molecule has 1 unspecified atom stereocenters. The lowest BCUT2D eigenvalue weighted by molar-refractivity contribution is -0.138. The SMILES string of the molecule is CCC(CNC(=O)N(C)CC1(O)CCCC1)CC(=O)O. The Labute approximate surface area is 120 Å². The topological polar surface area (TPSA) is 89.9 Å². The molecule has 0 heterocycles. The van der Waals surface area contributed by atoms with Gasteiger partial charge in [-0.1, -0.05) is 26.2 Å². The average molecular weight is 286 g/mol. The average Bonchev–Trinajstić information content (AvgIpc) is 2.79. The zero-order chi connectivity index (χ0) is 15.2. The lowest BCUT2D eigenvalue weighted by Crippen LogP contribution is -2.47. The van der Waals surface area contributed by atoms with Gasteiger partial charge >= 0.3 is 12.0 Å². The van der Waals surface area contributed by atoms with E-state index in [1.54, 1.807) is 7.05 Å². The number of amides is 2. The summed E-state index contributed by atoms with van der Waals surface area (Å²) in [5.41, 5.74) is -0.753. The van der Waals surface area contributed by atoms with Gasteiger partial charge in [0.2, 0.25) is 0 Å². The molecule has 6 heteroatoms. The van der Waals surface area contributed by atoms with E-state index in [2.05, 4.69) is 5.32 Å². The van der Waals surface area contributed by atoms with Crippen LogP contribution in [0.3, 0.4) is 0 Å². The Morgan fingerprint density at radius 3 is 2.45 bits per heavy atom. The molecule has 0 saturated heterocycles. The molecule has 0 bridgehead atoms. The summed E-state index contributed by atoms with van der Waals surface area (Å²) in [6.07, 6.45) is 4.25. The van der Waals surface area contributed by atoms with Crippen molar-refractivity contribution in [1.82, 2.24) is 10.2 Å². The Hall–Kier alpha value is -1.30. The van der Waals surface area contributed by atoms with Gasteiger partial charge in [0.05, 0.1) is 12.1 Å². The summed E-state index contributed by atoms with van der Waals surface area (Å²) in [5.74, 6) is -0.904. The van der Waals surface area contributed by atoms with Crippen LogP contribution >= 0.6 is 0 Å². The van der Waals surface area contributed by atoms with E-state index in [1.807, 2.05) is 6.92 Å². The molecule has 116 valence electrons. The van der Waals surface area contributed by atoms with E-state index in [9.17, 15) is 14.7 Å². The number of hydrogen-bond donors (Lipinski definition) is 3. The van der Waals surface area contributed by atoms with Gasteiger partial charge in [-0.2, -0.15) is 0 Å². The number of urea groups is 1. The standard InChI is InChI=1S/C14H26N2O4/c1-3-11(8-12(17)18)9-15-13(19)16(2)10-14(20)6-4-5-7-14/h11,20H,3-10H2,1-2H3,(H,15,19)(H,17,18). The largest absolute Gasteiger partial charge is 0.481 e. The van der Waals surface area contributed by atoms with E-state index >= 15 is 0 Å². The van der Waals surface area contributed by atoms with E-state index in [4.69, 9.17) is 5.11 Å². The van der Waals surface area contributed by atoms with Crippen molar-refractivity contribution in [1.29, 1.82) is 0 Å². The first kappa shape index (κ1) is 16.8. The minimum absolute atomic E-state index is 0.0561. The minimum atomic E-state index is -0.847. The number of carboxylic acids is 1. The Kier molecular flexibility index (Phi) is 6.26. The number of aliphatic carboxylic acids is 1. The van der Waals surface area contributed by atoms with Crippen LogP contribution in [0.2, 0.25) is 0 Å². The van der Waals surface area contributed by atoms with Crippen LogP contribution in [0.25, 0.3) is 0 Å². The van der Waals surface area contributed by atoms with Gasteiger partial charge in [-0.25, -0.2) is 4.79 Å². The summed E-state index contributed by atoms with van der Waals surface area (Å²) >= 11 is 0. The highest BCUT2D eigenvalue weighted by molar-refractivity contribution is 5.74. The quantitative estimate of drug-likeness (QED) is 0.660. The highest BCUT2D eigenvalue weighted by atomic mass is 16.4. The number of rotatable bonds is 7. The molecule has 0 aromatic carbocycles. The first-order chi connectivity index (χ1) is 9.36. The lowest BCUT2D eigenvalue weighted by Gasteiger charge is -2.29. The van der Waals surface area contributed by atoms with Crippen LogP contribution in [0.5, 0.6) is 0 Å². The fourth-order valence-corrected chi connectivity index (χ4v) is 2.68. The van der Waals surface area contributed by atoms with Crippen LogP contribution in [0.15, 0.2) is 0 Å². The summed E-state index contributed by atoms with van der Waals surface area (Å²) in [4.78, 5) is 24.1. The van der Waals surface area contributed by atoms with Gasteiger partial charge in [0.15, 0.2) is 0 Å². The number of likely N-dealkylation sites (N-methyl/N-ethyl adjacent to an activating group) is 1. The number of carbonyl (C=O) groups excluding carboxylic acids is 1. The maximum atomic E-state index is 11.9. The van der Waals surface area contributed by atoms with Crippen LogP contribution < -0.4 is 5.32 Å². The maximum Gasteiger partial charge on any atom is 0.317 e. The lowest BCUT2D eigenvalue weighted by atomic mass is 10.0. The molecule has 0 aromatic heterocycles. The van der Waals surface area contributed by atoms with Crippen molar-refractivity contribution in [2.24, 2.45) is 5.92 Å². The van der Waals surface area contributed by atoms with Crippen molar-refractivity contribution < 1.29 is 19.8 Å². The predicted molar refractivity (Wildman–Crippen MR) is 75.5 cm³/mol. The van der Waals surface area contributed by atoms with Crippen molar-refractivity contribution in [2.75, 3.05) is 20.1 Å². The highest BCUT2D eigenvalue weighted by Crippen LogP contribution is 2.29. The molecule has 1 rings (SSSR count). The molecule has 1 aliphatic carbocycles. The highest BCUT2D eigenvalue weighted by Gasteiger charge is 2.33. The summed E-state index contributed by atoms with van der Waals surface area (Å²) in [6, 6.07) is -0.255. The molecular formula is C14H26N2O4. The first-order valence-corrected chi connectivity index (χ1v) is 7.29. The van der Waals surface area contributed by atoms with Crippen molar-refractivity contribution >= 4 is 12.0 Å². The van der Waals surface area contributed by atoms with Gasteiger partial charge in [-0.05, 0) is 18.8 Å². The molecule has 0 radical (unpaired) electrons. The van der Waals surface area contributed by atoms with Crippen molar-refractivity contribution in [3.63, 3.8) is 0 Å². The second-order valence-corrected chi connectivity index (χ2v) is 5.85. The number of nitrogens with one attached hydrogen (secondary N) is 1. The van der Waals surface area contributed by atoms with Gasteiger partial charge in [0.25, 0.3) is 0 Å². The molecule has 1 fully saturated rings. The predicted octanol–water partition coefficient (Wildman–Crippen LogP) is 1.43. The van der Waals surface area contributed by atoms with E-state index in [1.165, 1.54) is 4.90 Å². The third-order valence-corrected chi connectivity index (χ3v) is 4.00. The molecule has 1 atom stereocenters. The van der Waals surface area contributed by atoms with Crippen molar-refractivity contribution in [3.05, 3.63) is 0 Å². The summed E-state index contributed by atoms with van der Waals surface area (Å²) in [6.45, 7) is 2.59. The second kappa shape index (κ2) is 7.47. The van der Waals surface area contributed by atoms with Crippen molar-refractivity contribution in [3.8, 4) is 0 Å². The molecule has 1 aliphatic rings. The molecule has 6 nitrogen and oxygen atoms in total. The van der Waals surface area contributed by atoms with E-state index in [0.717, 1.165) is 25.7 Å². The van der Waals surface area contributed by atoms with Crippen LogP contribution in [0.4, 0.5) is 4.79 Å². The second-order valence-electron chi connectivity index (χ2n) is 5.85. The fourth-order valence-electron chi connectivity index (χ4n) is 2.68. The van der Waals surface area contributed by atoms with Crippen LogP contribution in [0, 0.1) is 5.92 Å². The van der Waals surface area contributed by atoms with Gasteiger partial charge < -0.3 is 20.4 Å². The maximum absolute atomic E-state index is 11.9. The van der Waals surface area contributed by atoms with Crippen LogP contribution in [-0.4, -0.2) is 52.9 Å². The molecule has 2 amide bonds. The molecule has 0 aliphatic heterocycles. The molecule has 0 aromatic rings. The number of aliphatic hydroxyl groups is 1. The first-order valence-electron chi connectivity index (χ1n) is 7.29. The van der Waals surface area contributed by atoms with Gasteiger partial charge in [0.1, 0.15) is 0 Å². The van der Waals surface area contributed by atoms with E-state index < -0.39 is 11.6 Å². The Bertz CT molecular complexity index is 340. The number of carbonyl (C=O) groups is 2. The summed E-state index contributed by atoms with van der Waals surface area (Å²) in [5, 5.41) is 21.8. The Balaban J connectivity index is 2.35. The smallest absolute Gasteiger partial charge is 0.317 e. The molecule has 0 spiro atoms. The number of carboxylic acid groups (broad SMARTS) is 1. The van der Waals surface area contributed by atoms with E-state index in [0.29, 0.717) is 19.5 Å². The molecule has 1 saturated carbocycles. The number of nitrogens with zero attached hydrogens (tertiary/aromatic N) is 1. The third kappa shape index (κ3) is 5.36. The van der Waals surface area contributed by atoms with Crippen LogP contribution in [-0.2, 0) is 4.79 Å². The Morgan fingerprint density at radius 2 is 1.95 bits per heavy atom. The molecular weight excluding hydrogens is 260 g/mol. The zero-order valence-electron chi connectivity index (χ0n) is 12.4. The minimum Gasteiger partial charge on any atom is -0.481 e. The van der Waals surface area contributed by atoms with Gasteiger partial charge in [0, 0.05) is 20.0 Å². The normalized spacial score (nSPS) is 18.6. The van der Waals surface area contributed by atoms with E-state index in [-0.39, 0.29) is 18.4 Å². The third-order valence-electron chi connectivity index (χ3n) is 4.00.